The second-order valence-corrected chi connectivity index (χ2v) is 7.45. The number of likely N-dealkylation sites (tertiary alicyclic amines) is 2. The van der Waals surface area contributed by atoms with Gasteiger partial charge in [-0.25, -0.2) is 0 Å². The van der Waals surface area contributed by atoms with Crippen molar-refractivity contribution in [3.8, 4) is 0 Å². The summed E-state index contributed by atoms with van der Waals surface area (Å²) in [6.45, 7) is 12.6. The number of carbonyl (C=O) groups excluding carboxylic acids is 2. The topological polar surface area (TPSA) is 40.6 Å². The number of rotatable bonds is 2. The van der Waals surface area contributed by atoms with Crippen molar-refractivity contribution >= 4 is 11.7 Å². The Hall–Kier alpha value is -0.900. The standard InChI is InChI=1S/C17H28N2O2.2C2H6/c1-13(20)15-6-11-19(17(12-15)7-3-8-17)16(21)14-4-9-18(2)10-5-14;2*1-2/h14-15H,3-12H2,1-2H3;2*1-2H3. The van der Waals surface area contributed by atoms with Gasteiger partial charge in [-0.15, -0.1) is 0 Å². The minimum atomic E-state index is 0.0367. The lowest BCUT2D eigenvalue weighted by atomic mass is 9.66. The van der Waals surface area contributed by atoms with Crippen LogP contribution in [0.4, 0.5) is 0 Å². The van der Waals surface area contributed by atoms with Crippen LogP contribution in [0.2, 0.25) is 0 Å². The second kappa shape index (κ2) is 10.3. The molecule has 1 spiro atoms. The fraction of sp³-hybridized carbons (Fsp3) is 0.905. The maximum absolute atomic E-state index is 13.0. The average molecular weight is 353 g/mol. The molecule has 4 nitrogen and oxygen atoms in total. The molecule has 1 amide bonds. The number of piperidine rings is 2. The number of ketones is 1. The highest BCUT2D eigenvalue weighted by Crippen LogP contribution is 2.47. The molecule has 0 aromatic carbocycles. The van der Waals surface area contributed by atoms with Crippen molar-refractivity contribution in [1.82, 2.24) is 9.80 Å². The van der Waals surface area contributed by atoms with Crippen molar-refractivity contribution in [2.24, 2.45) is 11.8 Å². The summed E-state index contributed by atoms with van der Waals surface area (Å²) in [7, 11) is 2.13. The summed E-state index contributed by atoms with van der Waals surface area (Å²) in [4.78, 5) is 29.2. The van der Waals surface area contributed by atoms with Crippen LogP contribution in [-0.4, -0.2) is 53.7 Å². The molecule has 2 heterocycles. The largest absolute Gasteiger partial charge is 0.337 e. The van der Waals surface area contributed by atoms with Gasteiger partial charge in [0.05, 0.1) is 0 Å². The van der Waals surface area contributed by atoms with Gasteiger partial charge in [0.25, 0.3) is 0 Å². The van der Waals surface area contributed by atoms with Crippen molar-refractivity contribution in [2.75, 3.05) is 26.7 Å². The van der Waals surface area contributed by atoms with Crippen molar-refractivity contribution in [1.29, 1.82) is 0 Å². The predicted molar refractivity (Wildman–Crippen MR) is 105 cm³/mol. The van der Waals surface area contributed by atoms with Gasteiger partial charge in [-0.2, -0.15) is 0 Å². The monoisotopic (exact) mass is 352 g/mol. The van der Waals surface area contributed by atoms with Gasteiger partial charge >= 0.3 is 0 Å². The molecule has 3 fully saturated rings. The molecule has 3 aliphatic rings. The van der Waals surface area contributed by atoms with E-state index < -0.39 is 0 Å². The highest BCUT2D eigenvalue weighted by atomic mass is 16.2. The van der Waals surface area contributed by atoms with Crippen LogP contribution in [0, 0.1) is 11.8 Å². The highest BCUT2D eigenvalue weighted by molar-refractivity contribution is 5.82. The van der Waals surface area contributed by atoms with E-state index in [1.54, 1.807) is 6.92 Å². The van der Waals surface area contributed by atoms with Gasteiger partial charge in [-0.05, 0) is 72.0 Å². The summed E-state index contributed by atoms with van der Waals surface area (Å²) in [6, 6.07) is 0. The number of hydrogen-bond acceptors (Lipinski definition) is 3. The zero-order valence-corrected chi connectivity index (χ0v) is 17.4. The Morgan fingerprint density at radius 2 is 1.40 bits per heavy atom. The zero-order valence-electron chi connectivity index (χ0n) is 17.4. The van der Waals surface area contributed by atoms with Gasteiger partial charge in [0.2, 0.25) is 5.91 Å². The summed E-state index contributed by atoms with van der Waals surface area (Å²) >= 11 is 0. The fourth-order valence-corrected chi connectivity index (χ4v) is 4.42. The molecular formula is C21H40N2O2. The molecule has 1 unspecified atom stereocenters. The molecule has 2 aliphatic heterocycles. The number of carbonyl (C=O) groups is 2. The summed E-state index contributed by atoms with van der Waals surface area (Å²) in [5, 5.41) is 0. The van der Waals surface area contributed by atoms with E-state index in [9.17, 15) is 9.59 Å². The Balaban J connectivity index is 0.000000730. The molecular weight excluding hydrogens is 312 g/mol. The number of hydrogen-bond donors (Lipinski definition) is 0. The Morgan fingerprint density at radius 3 is 1.84 bits per heavy atom. The van der Waals surface area contributed by atoms with Gasteiger partial charge in [0.1, 0.15) is 5.78 Å². The summed E-state index contributed by atoms with van der Waals surface area (Å²) in [5.41, 5.74) is 0.0367. The first-order valence-electron chi connectivity index (χ1n) is 10.5. The van der Waals surface area contributed by atoms with Crippen LogP contribution in [-0.2, 0) is 9.59 Å². The van der Waals surface area contributed by atoms with Crippen LogP contribution in [0.15, 0.2) is 0 Å². The molecule has 4 heteroatoms. The molecule has 0 aromatic rings. The van der Waals surface area contributed by atoms with Crippen LogP contribution < -0.4 is 0 Å². The molecule has 0 N–H and O–H groups in total. The Morgan fingerprint density at radius 1 is 0.880 bits per heavy atom. The van der Waals surface area contributed by atoms with Crippen LogP contribution in [0.1, 0.15) is 79.6 Å². The lowest BCUT2D eigenvalue weighted by Crippen LogP contribution is -2.62. The van der Waals surface area contributed by atoms with Crippen LogP contribution >= 0.6 is 0 Å². The van der Waals surface area contributed by atoms with Crippen molar-refractivity contribution in [3.63, 3.8) is 0 Å². The van der Waals surface area contributed by atoms with Crippen molar-refractivity contribution in [2.45, 2.75) is 85.1 Å². The molecule has 146 valence electrons. The summed E-state index contributed by atoms with van der Waals surface area (Å²) in [6.07, 6.45) is 7.21. The average Bonchev–Trinajstić information content (AvgIpc) is 2.63. The van der Waals surface area contributed by atoms with Crippen molar-refractivity contribution < 1.29 is 9.59 Å². The van der Waals surface area contributed by atoms with E-state index in [2.05, 4.69) is 16.8 Å². The third kappa shape index (κ3) is 5.06. The quantitative estimate of drug-likeness (QED) is 0.750. The lowest BCUT2D eigenvalue weighted by Gasteiger charge is -2.56. The number of nitrogens with zero attached hydrogens (tertiary/aromatic N) is 2. The first-order valence-corrected chi connectivity index (χ1v) is 10.5. The van der Waals surface area contributed by atoms with Gasteiger partial charge in [-0.3, -0.25) is 9.59 Å². The van der Waals surface area contributed by atoms with E-state index in [0.29, 0.717) is 11.7 Å². The van der Waals surface area contributed by atoms with Crippen LogP contribution in [0.3, 0.4) is 0 Å². The molecule has 3 rings (SSSR count). The highest BCUT2D eigenvalue weighted by Gasteiger charge is 2.50. The fourth-order valence-electron chi connectivity index (χ4n) is 4.42. The molecule has 1 saturated carbocycles. The number of Topliss-reactive ketones (excluding diaryl/α,β-unsaturated/α-hetero) is 1. The van der Waals surface area contributed by atoms with Crippen LogP contribution in [0.5, 0.6) is 0 Å². The van der Waals surface area contributed by atoms with E-state index in [0.717, 1.165) is 58.2 Å². The maximum Gasteiger partial charge on any atom is 0.226 e. The maximum atomic E-state index is 13.0. The van der Waals surface area contributed by atoms with Crippen LogP contribution in [0.25, 0.3) is 0 Å². The minimum absolute atomic E-state index is 0.0367. The molecule has 0 radical (unpaired) electrons. The van der Waals surface area contributed by atoms with Gasteiger partial charge in [-0.1, -0.05) is 27.7 Å². The smallest absolute Gasteiger partial charge is 0.226 e. The molecule has 25 heavy (non-hydrogen) atoms. The predicted octanol–water partition coefficient (Wildman–Crippen LogP) is 4.13. The van der Waals surface area contributed by atoms with E-state index in [4.69, 9.17) is 0 Å². The Labute approximate surface area is 155 Å². The first-order chi connectivity index (χ1) is 12.0. The zero-order chi connectivity index (χ0) is 19.0. The van der Waals surface area contributed by atoms with E-state index >= 15 is 0 Å². The van der Waals surface area contributed by atoms with E-state index in [1.807, 2.05) is 27.7 Å². The SMILES string of the molecule is CC.CC.CC(=O)C1CCN(C(=O)C2CCN(C)CC2)C2(CCC2)C1. The molecule has 1 atom stereocenters. The summed E-state index contributed by atoms with van der Waals surface area (Å²) < 4.78 is 0. The molecule has 0 bridgehead atoms. The van der Waals surface area contributed by atoms with E-state index in [1.165, 1.54) is 6.42 Å². The van der Waals surface area contributed by atoms with Gasteiger partial charge in [0, 0.05) is 23.9 Å². The number of amides is 1. The third-order valence-corrected chi connectivity index (χ3v) is 6.09. The molecule has 0 aromatic heterocycles. The van der Waals surface area contributed by atoms with Crippen molar-refractivity contribution in [3.05, 3.63) is 0 Å². The normalized spacial score (nSPS) is 25.8. The first kappa shape index (κ1) is 22.1. The van der Waals surface area contributed by atoms with Gasteiger partial charge < -0.3 is 9.80 Å². The second-order valence-electron chi connectivity index (χ2n) is 7.45. The van der Waals surface area contributed by atoms with Gasteiger partial charge in [0.15, 0.2) is 0 Å². The Bertz CT molecular complexity index is 424. The Kier molecular flexibility index (Phi) is 9.12. The lowest BCUT2D eigenvalue weighted by molar-refractivity contribution is -0.155. The third-order valence-electron chi connectivity index (χ3n) is 6.09. The molecule has 2 saturated heterocycles. The summed E-state index contributed by atoms with van der Waals surface area (Å²) in [5.74, 6) is 1.09. The minimum Gasteiger partial charge on any atom is -0.337 e. The van der Waals surface area contributed by atoms with E-state index in [-0.39, 0.29) is 17.4 Å². The molecule has 1 aliphatic carbocycles.